The number of aromatic nitrogens is 1. The predicted octanol–water partition coefficient (Wildman–Crippen LogP) is 4.47. The van der Waals surface area contributed by atoms with Crippen LogP contribution in [0.25, 0.3) is 10.9 Å². The molecular weight excluding hydrogens is 374 g/mol. The number of non-ortho nitro benzene ring substituents is 1. The Hall–Kier alpha value is -2.80. The molecule has 7 heteroatoms. The average Bonchev–Trinajstić information content (AvgIpc) is 2.56. The minimum atomic E-state index is -0.508. The van der Waals surface area contributed by atoms with Crippen molar-refractivity contribution in [2.45, 2.75) is 6.92 Å². The molecule has 1 heterocycles. The summed E-state index contributed by atoms with van der Waals surface area (Å²) in [5, 5.41) is 14.4. The Morgan fingerprint density at radius 2 is 1.96 bits per heavy atom. The SMILES string of the molecule is Cc1ccc2cc(C(=O)Nc3cc([N+](=O)[O-])ccc3Br)ccc2n1. The molecule has 0 fully saturated rings. The molecule has 0 radical (unpaired) electrons. The van der Waals surface area contributed by atoms with Crippen molar-refractivity contribution in [2.75, 3.05) is 5.32 Å². The molecule has 0 aliphatic rings. The van der Waals surface area contributed by atoms with Crippen LogP contribution in [-0.2, 0) is 0 Å². The lowest BCUT2D eigenvalue weighted by atomic mass is 10.1. The maximum absolute atomic E-state index is 12.4. The zero-order valence-corrected chi connectivity index (χ0v) is 14.2. The van der Waals surface area contributed by atoms with Gasteiger partial charge in [-0.05, 0) is 53.2 Å². The van der Waals surface area contributed by atoms with Gasteiger partial charge in [0.1, 0.15) is 0 Å². The van der Waals surface area contributed by atoms with Gasteiger partial charge in [0.05, 0.1) is 16.1 Å². The molecule has 1 N–H and O–H groups in total. The van der Waals surface area contributed by atoms with Crippen LogP contribution >= 0.6 is 15.9 Å². The number of carbonyl (C=O) groups is 1. The first-order valence-corrected chi connectivity index (χ1v) is 7.86. The fourth-order valence-corrected chi connectivity index (χ4v) is 2.63. The number of hydrogen-bond acceptors (Lipinski definition) is 4. The van der Waals surface area contributed by atoms with Crippen molar-refractivity contribution >= 4 is 44.1 Å². The van der Waals surface area contributed by atoms with E-state index >= 15 is 0 Å². The Bertz CT molecular complexity index is 972. The summed E-state index contributed by atoms with van der Waals surface area (Å²) >= 11 is 3.28. The van der Waals surface area contributed by atoms with E-state index < -0.39 is 4.92 Å². The third-order valence-electron chi connectivity index (χ3n) is 3.50. The minimum absolute atomic E-state index is 0.0910. The Morgan fingerprint density at radius 1 is 1.17 bits per heavy atom. The number of fused-ring (bicyclic) bond motifs is 1. The maximum atomic E-state index is 12.4. The number of nitro benzene ring substituents is 1. The van der Waals surface area contributed by atoms with Crippen molar-refractivity contribution in [1.82, 2.24) is 4.98 Å². The van der Waals surface area contributed by atoms with E-state index in [2.05, 4.69) is 26.2 Å². The van der Waals surface area contributed by atoms with Crippen LogP contribution in [-0.4, -0.2) is 15.8 Å². The number of halogens is 1. The molecule has 0 spiro atoms. The zero-order valence-electron chi connectivity index (χ0n) is 12.6. The van der Waals surface area contributed by atoms with Crippen molar-refractivity contribution in [3.05, 3.63) is 74.4 Å². The van der Waals surface area contributed by atoms with E-state index in [0.29, 0.717) is 15.7 Å². The fraction of sp³-hybridized carbons (Fsp3) is 0.0588. The molecule has 24 heavy (non-hydrogen) atoms. The monoisotopic (exact) mass is 385 g/mol. The van der Waals surface area contributed by atoms with Crippen LogP contribution < -0.4 is 5.32 Å². The quantitative estimate of drug-likeness (QED) is 0.532. The van der Waals surface area contributed by atoms with E-state index in [0.717, 1.165) is 16.6 Å². The largest absolute Gasteiger partial charge is 0.321 e. The summed E-state index contributed by atoms with van der Waals surface area (Å²) in [6.45, 7) is 1.90. The van der Waals surface area contributed by atoms with E-state index in [-0.39, 0.29) is 11.6 Å². The number of amides is 1. The van der Waals surface area contributed by atoms with Gasteiger partial charge in [-0.2, -0.15) is 0 Å². The number of carbonyl (C=O) groups excluding carboxylic acids is 1. The second-order valence-electron chi connectivity index (χ2n) is 5.24. The van der Waals surface area contributed by atoms with Gasteiger partial charge in [-0.25, -0.2) is 0 Å². The highest BCUT2D eigenvalue weighted by Crippen LogP contribution is 2.27. The molecule has 3 aromatic rings. The van der Waals surface area contributed by atoms with E-state index in [1.165, 1.54) is 18.2 Å². The third kappa shape index (κ3) is 3.26. The molecule has 0 bridgehead atoms. The van der Waals surface area contributed by atoms with Crippen LogP contribution in [0.3, 0.4) is 0 Å². The zero-order chi connectivity index (χ0) is 17.3. The Morgan fingerprint density at radius 3 is 2.71 bits per heavy atom. The van der Waals surface area contributed by atoms with E-state index in [4.69, 9.17) is 0 Å². The molecule has 0 unspecified atom stereocenters. The number of nitrogens with zero attached hydrogens (tertiary/aromatic N) is 2. The van der Waals surface area contributed by atoms with E-state index in [1.54, 1.807) is 18.2 Å². The van der Waals surface area contributed by atoms with Crippen LogP contribution in [0.4, 0.5) is 11.4 Å². The fourth-order valence-electron chi connectivity index (χ4n) is 2.29. The topological polar surface area (TPSA) is 85.1 Å². The van der Waals surface area contributed by atoms with Gasteiger partial charge < -0.3 is 5.32 Å². The number of hydrogen-bond donors (Lipinski definition) is 1. The molecule has 1 aromatic heterocycles. The smallest absolute Gasteiger partial charge is 0.271 e. The van der Waals surface area contributed by atoms with Crippen molar-refractivity contribution in [2.24, 2.45) is 0 Å². The molecule has 1 amide bonds. The van der Waals surface area contributed by atoms with Gasteiger partial charge in [0.25, 0.3) is 11.6 Å². The summed E-state index contributed by atoms with van der Waals surface area (Å²) in [5.41, 5.74) is 2.41. The lowest BCUT2D eigenvalue weighted by Gasteiger charge is -2.08. The van der Waals surface area contributed by atoms with Crippen LogP contribution in [0, 0.1) is 17.0 Å². The molecule has 6 nitrogen and oxygen atoms in total. The lowest BCUT2D eigenvalue weighted by Crippen LogP contribution is -2.12. The van der Waals surface area contributed by atoms with Gasteiger partial charge in [-0.3, -0.25) is 19.9 Å². The first kappa shape index (κ1) is 16.1. The molecular formula is C17H12BrN3O3. The highest BCUT2D eigenvalue weighted by molar-refractivity contribution is 9.10. The summed E-state index contributed by atoms with van der Waals surface area (Å²) in [4.78, 5) is 27.2. The number of aryl methyl sites for hydroxylation is 1. The predicted molar refractivity (Wildman–Crippen MR) is 95.2 cm³/mol. The highest BCUT2D eigenvalue weighted by Gasteiger charge is 2.13. The van der Waals surface area contributed by atoms with Crippen molar-refractivity contribution in [1.29, 1.82) is 0 Å². The van der Waals surface area contributed by atoms with Crippen LogP contribution in [0.2, 0.25) is 0 Å². The number of pyridine rings is 1. The molecule has 0 saturated carbocycles. The summed E-state index contributed by atoms with van der Waals surface area (Å²) < 4.78 is 0.569. The minimum Gasteiger partial charge on any atom is -0.321 e. The molecule has 0 aliphatic heterocycles. The Balaban J connectivity index is 1.91. The standard InChI is InChI=1S/C17H12BrN3O3/c1-10-2-3-11-8-12(4-7-15(11)19-10)17(22)20-16-9-13(21(23)24)5-6-14(16)18/h2-9H,1H3,(H,20,22). The van der Waals surface area contributed by atoms with Crippen LogP contribution in [0.1, 0.15) is 16.1 Å². The summed E-state index contributed by atoms with van der Waals surface area (Å²) in [6.07, 6.45) is 0. The number of benzene rings is 2. The van der Waals surface area contributed by atoms with E-state index in [9.17, 15) is 14.9 Å². The second kappa shape index (κ2) is 6.37. The van der Waals surface area contributed by atoms with Gasteiger partial charge in [-0.15, -0.1) is 0 Å². The number of nitrogens with one attached hydrogen (secondary N) is 1. The number of nitro groups is 1. The van der Waals surface area contributed by atoms with E-state index in [1.807, 2.05) is 19.1 Å². The molecule has 0 aliphatic carbocycles. The molecule has 0 saturated heterocycles. The number of anilines is 1. The molecule has 120 valence electrons. The lowest BCUT2D eigenvalue weighted by molar-refractivity contribution is -0.384. The van der Waals surface area contributed by atoms with Crippen molar-refractivity contribution in [3.63, 3.8) is 0 Å². The maximum Gasteiger partial charge on any atom is 0.271 e. The molecule has 0 atom stereocenters. The Kier molecular flexibility index (Phi) is 4.26. The first-order valence-electron chi connectivity index (χ1n) is 7.07. The summed E-state index contributed by atoms with van der Waals surface area (Å²) in [5.74, 6) is -0.348. The second-order valence-corrected chi connectivity index (χ2v) is 6.09. The molecule has 2 aromatic carbocycles. The van der Waals surface area contributed by atoms with Gasteiger partial charge >= 0.3 is 0 Å². The highest BCUT2D eigenvalue weighted by atomic mass is 79.9. The first-order chi connectivity index (χ1) is 11.4. The van der Waals surface area contributed by atoms with Crippen molar-refractivity contribution in [3.8, 4) is 0 Å². The average molecular weight is 386 g/mol. The van der Waals surface area contributed by atoms with Gasteiger partial charge in [0.2, 0.25) is 0 Å². The van der Waals surface area contributed by atoms with Gasteiger partial charge in [0.15, 0.2) is 0 Å². The van der Waals surface area contributed by atoms with Crippen molar-refractivity contribution < 1.29 is 9.72 Å². The Labute approximate surface area is 145 Å². The molecule has 3 rings (SSSR count). The summed E-state index contributed by atoms with van der Waals surface area (Å²) in [7, 11) is 0. The third-order valence-corrected chi connectivity index (χ3v) is 4.19. The van der Waals surface area contributed by atoms with Crippen LogP contribution in [0.15, 0.2) is 53.0 Å². The van der Waals surface area contributed by atoms with Crippen LogP contribution in [0.5, 0.6) is 0 Å². The normalized spacial score (nSPS) is 10.6. The van der Waals surface area contributed by atoms with Gasteiger partial charge in [-0.1, -0.05) is 6.07 Å². The van der Waals surface area contributed by atoms with Gasteiger partial charge in [0, 0.05) is 33.2 Å². The summed E-state index contributed by atoms with van der Waals surface area (Å²) in [6, 6.07) is 13.2. The number of rotatable bonds is 3.